The molecule has 0 radical (unpaired) electrons. The maximum Gasteiger partial charge on any atom is 0.269 e. The molecule has 0 unspecified atom stereocenters. The van der Waals surface area contributed by atoms with E-state index in [9.17, 15) is 14.9 Å². The lowest BCUT2D eigenvalue weighted by Gasteiger charge is -2.01. The van der Waals surface area contributed by atoms with Crippen molar-refractivity contribution in [2.75, 3.05) is 0 Å². The number of nitro benzene ring substituents is 1. The van der Waals surface area contributed by atoms with Crippen LogP contribution < -0.4 is 5.56 Å². The van der Waals surface area contributed by atoms with Crippen molar-refractivity contribution in [1.29, 1.82) is 0 Å². The maximum absolute atomic E-state index is 12.3. The van der Waals surface area contributed by atoms with Crippen LogP contribution in [0.15, 0.2) is 65.6 Å². The van der Waals surface area contributed by atoms with Gasteiger partial charge in [-0.15, -0.1) is 0 Å². The molecule has 2 N–H and O–H groups in total. The Morgan fingerprint density at radius 1 is 1.00 bits per heavy atom. The molecular weight excluding hydrogens is 320 g/mol. The molecule has 4 aromatic rings. The van der Waals surface area contributed by atoms with Crippen molar-refractivity contribution >= 4 is 16.6 Å². The zero-order chi connectivity index (χ0) is 17.4. The zero-order valence-electron chi connectivity index (χ0n) is 12.9. The summed E-state index contributed by atoms with van der Waals surface area (Å²) in [7, 11) is 0. The van der Waals surface area contributed by atoms with Gasteiger partial charge in [-0.2, -0.15) is 0 Å². The summed E-state index contributed by atoms with van der Waals surface area (Å²) in [5.74, 6) is 0.445. The molecule has 0 saturated heterocycles. The third-order valence-electron chi connectivity index (χ3n) is 3.97. The molecule has 25 heavy (non-hydrogen) atoms. The van der Waals surface area contributed by atoms with Crippen molar-refractivity contribution in [1.82, 2.24) is 15.0 Å². The molecule has 7 nitrogen and oxygen atoms in total. The van der Waals surface area contributed by atoms with Crippen LogP contribution in [-0.2, 0) is 0 Å². The molecule has 2 heterocycles. The maximum atomic E-state index is 12.3. The summed E-state index contributed by atoms with van der Waals surface area (Å²) >= 11 is 0. The lowest BCUT2D eigenvalue weighted by molar-refractivity contribution is -0.384. The van der Waals surface area contributed by atoms with Gasteiger partial charge in [-0.05, 0) is 29.7 Å². The number of non-ortho nitro benzene ring substituents is 1. The highest BCUT2D eigenvalue weighted by Crippen LogP contribution is 2.24. The number of nitrogens with zero attached hydrogens (tertiary/aromatic N) is 2. The fourth-order valence-corrected chi connectivity index (χ4v) is 2.69. The van der Waals surface area contributed by atoms with Gasteiger partial charge in [0.25, 0.3) is 11.2 Å². The van der Waals surface area contributed by atoms with E-state index >= 15 is 0 Å². The topological polar surface area (TPSA) is 105 Å². The van der Waals surface area contributed by atoms with E-state index in [4.69, 9.17) is 0 Å². The van der Waals surface area contributed by atoms with Crippen LogP contribution in [0.2, 0.25) is 0 Å². The first-order valence-electron chi connectivity index (χ1n) is 7.54. The van der Waals surface area contributed by atoms with Crippen LogP contribution in [0, 0.1) is 10.1 Å². The van der Waals surface area contributed by atoms with Gasteiger partial charge in [0, 0.05) is 23.2 Å². The summed E-state index contributed by atoms with van der Waals surface area (Å²) < 4.78 is 0. The summed E-state index contributed by atoms with van der Waals surface area (Å²) in [5.41, 5.74) is 2.42. The normalized spacial score (nSPS) is 10.9. The first-order chi connectivity index (χ1) is 12.1. The molecule has 122 valence electrons. The number of pyridine rings is 1. The van der Waals surface area contributed by atoms with Crippen molar-refractivity contribution < 1.29 is 4.92 Å². The fourth-order valence-electron chi connectivity index (χ4n) is 2.69. The molecule has 4 rings (SSSR count). The molecule has 2 aromatic heterocycles. The van der Waals surface area contributed by atoms with E-state index in [1.807, 2.05) is 24.3 Å². The number of benzene rings is 2. The Kier molecular flexibility index (Phi) is 3.39. The molecule has 0 fully saturated rings. The molecule has 7 heteroatoms. The second kappa shape index (κ2) is 5.72. The van der Waals surface area contributed by atoms with E-state index in [2.05, 4.69) is 15.0 Å². The van der Waals surface area contributed by atoms with Gasteiger partial charge < -0.3 is 9.97 Å². The van der Waals surface area contributed by atoms with Crippen molar-refractivity contribution in [3.8, 4) is 22.6 Å². The highest BCUT2D eigenvalue weighted by molar-refractivity contribution is 5.82. The Morgan fingerprint density at radius 2 is 1.76 bits per heavy atom. The van der Waals surface area contributed by atoms with Gasteiger partial charge in [0.1, 0.15) is 5.82 Å². The van der Waals surface area contributed by atoms with Gasteiger partial charge in [-0.3, -0.25) is 14.9 Å². The van der Waals surface area contributed by atoms with Crippen LogP contribution >= 0.6 is 0 Å². The van der Waals surface area contributed by atoms with Crippen LogP contribution in [0.5, 0.6) is 0 Å². The van der Waals surface area contributed by atoms with Gasteiger partial charge >= 0.3 is 0 Å². The van der Waals surface area contributed by atoms with Crippen LogP contribution in [0.1, 0.15) is 0 Å². The first-order valence-corrected chi connectivity index (χ1v) is 7.54. The molecule has 0 atom stereocenters. The molecule has 0 spiro atoms. The van der Waals surface area contributed by atoms with Crippen LogP contribution in [0.3, 0.4) is 0 Å². The van der Waals surface area contributed by atoms with Gasteiger partial charge in [-0.1, -0.05) is 18.2 Å². The summed E-state index contributed by atoms with van der Waals surface area (Å²) in [4.78, 5) is 32.8. The number of H-pyrrole nitrogens is 2. The predicted octanol–water partition coefficient (Wildman–Crippen LogP) is 3.49. The SMILES string of the molecule is O=c1[nH]c2ccccc2cc1-c1ncc(-c2ccc([N+](=O)[O-])cc2)[nH]1. The Balaban J connectivity index is 1.75. The number of nitrogens with one attached hydrogen (secondary N) is 2. The lowest BCUT2D eigenvalue weighted by Crippen LogP contribution is -2.09. The number of imidazole rings is 1. The summed E-state index contributed by atoms with van der Waals surface area (Å²) in [6.07, 6.45) is 1.60. The number of hydrogen-bond donors (Lipinski definition) is 2. The molecular formula is C18H12N4O3. The fraction of sp³-hybridized carbons (Fsp3) is 0. The highest BCUT2D eigenvalue weighted by atomic mass is 16.6. The monoisotopic (exact) mass is 332 g/mol. The number of para-hydroxylation sites is 1. The highest BCUT2D eigenvalue weighted by Gasteiger charge is 2.11. The van der Waals surface area contributed by atoms with Crippen LogP contribution in [-0.4, -0.2) is 19.9 Å². The third kappa shape index (κ3) is 2.67. The van der Waals surface area contributed by atoms with E-state index < -0.39 is 4.92 Å². The molecule has 0 aliphatic carbocycles. The number of nitro groups is 1. The van der Waals surface area contributed by atoms with E-state index in [-0.39, 0.29) is 11.2 Å². The average Bonchev–Trinajstić information content (AvgIpc) is 3.11. The minimum Gasteiger partial charge on any atom is -0.338 e. The van der Waals surface area contributed by atoms with Crippen molar-refractivity contribution in [2.24, 2.45) is 0 Å². The molecule has 0 aliphatic heterocycles. The van der Waals surface area contributed by atoms with E-state index in [1.54, 1.807) is 24.4 Å². The van der Waals surface area contributed by atoms with Crippen molar-refractivity contribution in [3.63, 3.8) is 0 Å². The largest absolute Gasteiger partial charge is 0.338 e. The van der Waals surface area contributed by atoms with Crippen LogP contribution in [0.4, 0.5) is 5.69 Å². The number of rotatable bonds is 3. The predicted molar refractivity (Wildman–Crippen MR) is 94.2 cm³/mol. The second-order valence-electron chi connectivity index (χ2n) is 5.55. The van der Waals surface area contributed by atoms with Gasteiger partial charge in [0.15, 0.2) is 0 Å². The summed E-state index contributed by atoms with van der Waals surface area (Å²) in [5, 5.41) is 11.6. The molecule has 2 aromatic carbocycles. The number of hydrogen-bond acceptors (Lipinski definition) is 4. The third-order valence-corrected chi connectivity index (χ3v) is 3.97. The van der Waals surface area contributed by atoms with E-state index in [0.717, 1.165) is 16.5 Å². The smallest absolute Gasteiger partial charge is 0.269 e. The van der Waals surface area contributed by atoms with Gasteiger partial charge in [0.2, 0.25) is 0 Å². The first kappa shape index (κ1) is 14.8. The Bertz CT molecular complexity index is 1140. The summed E-state index contributed by atoms with van der Waals surface area (Å²) in [6, 6.07) is 15.4. The Hall–Kier alpha value is -3.74. The quantitative estimate of drug-likeness (QED) is 0.442. The average molecular weight is 332 g/mol. The minimum atomic E-state index is -0.448. The van der Waals surface area contributed by atoms with Crippen LogP contribution in [0.25, 0.3) is 33.5 Å². The Morgan fingerprint density at radius 3 is 2.52 bits per heavy atom. The number of aromatic nitrogens is 3. The summed E-state index contributed by atoms with van der Waals surface area (Å²) in [6.45, 7) is 0. The number of aromatic amines is 2. The minimum absolute atomic E-state index is 0.0227. The molecule has 0 amide bonds. The Labute approximate surface area is 141 Å². The second-order valence-corrected chi connectivity index (χ2v) is 5.55. The van der Waals surface area contributed by atoms with Crippen molar-refractivity contribution in [2.45, 2.75) is 0 Å². The lowest BCUT2D eigenvalue weighted by atomic mass is 10.1. The zero-order valence-corrected chi connectivity index (χ0v) is 12.9. The van der Waals surface area contributed by atoms with Gasteiger partial charge in [-0.25, -0.2) is 4.98 Å². The van der Waals surface area contributed by atoms with E-state index in [1.165, 1.54) is 12.1 Å². The molecule has 0 aliphatic rings. The standard InChI is InChI=1S/C18H12N4O3/c23-18-14(9-12-3-1-2-4-15(12)21-18)17-19-10-16(20-17)11-5-7-13(8-6-11)22(24)25/h1-10H,(H,19,20)(H,21,23). The van der Waals surface area contributed by atoms with Crippen molar-refractivity contribution in [3.05, 3.63) is 81.3 Å². The number of fused-ring (bicyclic) bond motifs is 1. The van der Waals surface area contributed by atoms with Gasteiger partial charge in [0.05, 0.1) is 22.4 Å². The van der Waals surface area contributed by atoms with E-state index in [0.29, 0.717) is 17.1 Å². The molecule has 0 bridgehead atoms. The molecule has 0 saturated carbocycles.